The van der Waals surface area contributed by atoms with Crippen molar-refractivity contribution in [1.82, 2.24) is 10.2 Å². The number of hydrogen-bond donors (Lipinski definition) is 2. The molecular formula is C13H24N2O5. The molecule has 0 bridgehead atoms. The zero-order valence-corrected chi connectivity index (χ0v) is 12.1. The van der Waals surface area contributed by atoms with Crippen LogP contribution in [-0.2, 0) is 14.3 Å². The Hall–Kier alpha value is -1.34. The van der Waals surface area contributed by atoms with E-state index in [2.05, 4.69) is 5.32 Å². The summed E-state index contributed by atoms with van der Waals surface area (Å²) in [6.45, 7) is 2.32. The number of aliphatic carboxylic acids is 1. The summed E-state index contributed by atoms with van der Waals surface area (Å²) < 4.78 is 10.4. The largest absolute Gasteiger partial charge is 0.481 e. The Balaban J connectivity index is 2.27. The maximum atomic E-state index is 11.9. The number of urea groups is 1. The van der Waals surface area contributed by atoms with Gasteiger partial charge in [-0.1, -0.05) is 0 Å². The summed E-state index contributed by atoms with van der Waals surface area (Å²) in [5.74, 6) is -0.574. The standard InChI is InChI=1S/C13H24N2O5/c1-15(8-10-4-3-5-20-9-10)13(18)14-7-11(19-2)6-12(16)17/h10-11H,3-9H2,1-2H3,(H,14,18)(H,16,17). The van der Waals surface area contributed by atoms with Gasteiger partial charge in [0.05, 0.1) is 19.1 Å². The molecule has 2 amide bonds. The number of carbonyl (C=O) groups is 2. The zero-order chi connectivity index (χ0) is 15.0. The van der Waals surface area contributed by atoms with Crippen molar-refractivity contribution in [2.24, 2.45) is 5.92 Å². The molecule has 7 heteroatoms. The molecule has 2 N–H and O–H groups in total. The number of rotatable bonds is 7. The van der Waals surface area contributed by atoms with Crippen LogP contribution in [-0.4, -0.2) is 68.6 Å². The first-order valence-electron chi connectivity index (χ1n) is 6.84. The van der Waals surface area contributed by atoms with E-state index in [4.69, 9.17) is 14.6 Å². The Kier molecular flexibility index (Phi) is 7.32. The van der Waals surface area contributed by atoms with Gasteiger partial charge in [0.15, 0.2) is 0 Å². The molecule has 1 fully saturated rings. The number of nitrogens with zero attached hydrogens (tertiary/aromatic N) is 1. The van der Waals surface area contributed by atoms with Gasteiger partial charge >= 0.3 is 12.0 Å². The first kappa shape index (κ1) is 16.7. The number of carbonyl (C=O) groups excluding carboxylic acids is 1. The molecule has 0 radical (unpaired) electrons. The molecule has 2 atom stereocenters. The molecule has 20 heavy (non-hydrogen) atoms. The van der Waals surface area contributed by atoms with Gasteiger partial charge in [-0.05, 0) is 12.8 Å². The molecule has 0 aromatic carbocycles. The van der Waals surface area contributed by atoms with E-state index in [1.165, 1.54) is 7.11 Å². The fraction of sp³-hybridized carbons (Fsp3) is 0.846. The van der Waals surface area contributed by atoms with Gasteiger partial charge in [-0.2, -0.15) is 0 Å². The highest BCUT2D eigenvalue weighted by atomic mass is 16.5. The number of carboxylic acids is 1. The Bertz CT molecular complexity index is 318. The summed E-state index contributed by atoms with van der Waals surface area (Å²) in [4.78, 5) is 24.1. The third kappa shape index (κ3) is 6.21. The van der Waals surface area contributed by atoms with E-state index in [1.807, 2.05) is 0 Å². The molecule has 1 heterocycles. The summed E-state index contributed by atoms with van der Waals surface area (Å²) in [5.41, 5.74) is 0. The lowest BCUT2D eigenvalue weighted by Gasteiger charge is -2.27. The van der Waals surface area contributed by atoms with Gasteiger partial charge < -0.3 is 24.8 Å². The van der Waals surface area contributed by atoms with Crippen molar-refractivity contribution >= 4 is 12.0 Å². The molecule has 1 saturated heterocycles. The maximum Gasteiger partial charge on any atom is 0.317 e. The number of ether oxygens (including phenoxy) is 2. The third-order valence-electron chi connectivity index (χ3n) is 3.35. The van der Waals surface area contributed by atoms with Crippen LogP contribution in [0.3, 0.4) is 0 Å². The summed E-state index contributed by atoms with van der Waals surface area (Å²) >= 11 is 0. The predicted octanol–water partition coefficient (Wildman–Crippen LogP) is 0.544. The van der Waals surface area contributed by atoms with Crippen molar-refractivity contribution in [1.29, 1.82) is 0 Å². The van der Waals surface area contributed by atoms with E-state index in [-0.39, 0.29) is 19.0 Å². The van der Waals surface area contributed by atoms with Crippen molar-refractivity contribution in [3.8, 4) is 0 Å². The average molecular weight is 288 g/mol. The minimum Gasteiger partial charge on any atom is -0.481 e. The second kappa shape index (κ2) is 8.76. The lowest BCUT2D eigenvalue weighted by atomic mass is 10.0. The van der Waals surface area contributed by atoms with Crippen LogP contribution in [0.4, 0.5) is 4.79 Å². The van der Waals surface area contributed by atoms with E-state index in [0.29, 0.717) is 19.1 Å². The van der Waals surface area contributed by atoms with Gasteiger partial charge in [0, 0.05) is 39.8 Å². The molecule has 0 saturated carbocycles. The van der Waals surface area contributed by atoms with Crippen LogP contribution in [0.2, 0.25) is 0 Å². The average Bonchev–Trinajstić information content (AvgIpc) is 2.43. The highest BCUT2D eigenvalue weighted by molar-refractivity contribution is 5.74. The monoisotopic (exact) mass is 288 g/mol. The quantitative estimate of drug-likeness (QED) is 0.714. The van der Waals surface area contributed by atoms with Crippen LogP contribution < -0.4 is 5.32 Å². The Morgan fingerprint density at radius 2 is 2.30 bits per heavy atom. The number of carboxylic acid groups (broad SMARTS) is 1. The number of amides is 2. The van der Waals surface area contributed by atoms with Crippen LogP contribution in [0.15, 0.2) is 0 Å². The second-order valence-corrected chi connectivity index (χ2v) is 5.11. The summed E-state index contributed by atoms with van der Waals surface area (Å²) in [5, 5.41) is 11.4. The van der Waals surface area contributed by atoms with Crippen molar-refractivity contribution in [3.63, 3.8) is 0 Å². The van der Waals surface area contributed by atoms with Crippen LogP contribution in [0.1, 0.15) is 19.3 Å². The normalized spacial score (nSPS) is 20.2. The van der Waals surface area contributed by atoms with Gasteiger partial charge in [0.25, 0.3) is 0 Å². The van der Waals surface area contributed by atoms with Crippen molar-refractivity contribution in [3.05, 3.63) is 0 Å². The predicted molar refractivity (Wildman–Crippen MR) is 72.6 cm³/mol. The number of hydrogen-bond acceptors (Lipinski definition) is 4. The molecule has 116 valence electrons. The van der Waals surface area contributed by atoms with Crippen molar-refractivity contribution in [2.75, 3.05) is 40.5 Å². The highest BCUT2D eigenvalue weighted by Gasteiger charge is 2.20. The third-order valence-corrected chi connectivity index (χ3v) is 3.35. The van der Waals surface area contributed by atoms with Crippen LogP contribution in [0.5, 0.6) is 0 Å². The van der Waals surface area contributed by atoms with Crippen LogP contribution in [0.25, 0.3) is 0 Å². The minimum absolute atomic E-state index is 0.128. The summed E-state index contributed by atoms with van der Waals surface area (Å²) in [6, 6.07) is -0.219. The molecule has 1 aliphatic rings. The van der Waals surface area contributed by atoms with Gasteiger partial charge in [0.2, 0.25) is 0 Å². The smallest absolute Gasteiger partial charge is 0.317 e. The summed E-state index contributed by atoms with van der Waals surface area (Å²) in [7, 11) is 3.16. The first-order chi connectivity index (χ1) is 9.52. The fourth-order valence-electron chi connectivity index (χ4n) is 2.19. The van der Waals surface area contributed by atoms with E-state index >= 15 is 0 Å². The van der Waals surface area contributed by atoms with Crippen molar-refractivity contribution < 1.29 is 24.2 Å². The molecule has 0 spiro atoms. The SMILES string of the molecule is COC(CNC(=O)N(C)CC1CCCOC1)CC(=O)O. The van der Waals surface area contributed by atoms with Crippen LogP contribution >= 0.6 is 0 Å². The van der Waals surface area contributed by atoms with Gasteiger partial charge in [-0.25, -0.2) is 4.79 Å². The Labute approximate surface area is 119 Å². The van der Waals surface area contributed by atoms with Gasteiger partial charge in [-0.15, -0.1) is 0 Å². The Morgan fingerprint density at radius 1 is 1.55 bits per heavy atom. The van der Waals surface area contributed by atoms with E-state index in [1.54, 1.807) is 11.9 Å². The molecule has 0 aromatic heterocycles. The molecule has 7 nitrogen and oxygen atoms in total. The topological polar surface area (TPSA) is 88.1 Å². The fourth-order valence-corrected chi connectivity index (χ4v) is 2.19. The molecular weight excluding hydrogens is 264 g/mol. The maximum absolute atomic E-state index is 11.9. The molecule has 2 unspecified atom stereocenters. The van der Waals surface area contributed by atoms with E-state index < -0.39 is 12.1 Å². The van der Waals surface area contributed by atoms with E-state index in [9.17, 15) is 9.59 Å². The highest BCUT2D eigenvalue weighted by Crippen LogP contribution is 2.14. The van der Waals surface area contributed by atoms with Gasteiger partial charge in [-0.3, -0.25) is 4.79 Å². The first-order valence-corrected chi connectivity index (χ1v) is 6.84. The number of nitrogens with one attached hydrogen (secondary N) is 1. The lowest BCUT2D eigenvalue weighted by Crippen LogP contribution is -2.44. The van der Waals surface area contributed by atoms with Crippen LogP contribution in [0, 0.1) is 5.92 Å². The molecule has 0 aromatic rings. The van der Waals surface area contributed by atoms with Gasteiger partial charge in [0.1, 0.15) is 0 Å². The number of methoxy groups -OCH3 is 1. The Morgan fingerprint density at radius 3 is 2.85 bits per heavy atom. The van der Waals surface area contributed by atoms with E-state index in [0.717, 1.165) is 19.4 Å². The molecule has 0 aliphatic carbocycles. The summed E-state index contributed by atoms with van der Waals surface area (Å²) in [6.07, 6.45) is 1.46. The second-order valence-electron chi connectivity index (χ2n) is 5.11. The zero-order valence-electron chi connectivity index (χ0n) is 12.1. The molecule has 1 rings (SSSR count). The lowest BCUT2D eigenvalue weighted by molar-refractivity contribution is -0.139. The molecule has 1 aliphatic heterocycles. The van der Waals surface area contributed by atoms with Crippen molar-refractivity contribution in [2.45, 2.75) is 25.4 Å². The minimum atomic E-state index is -0.946.